The molecule has 4 rings (SSSR count). The Morgan fingerprint density at radius 3 is 2.62 bits per heavy atom. The number of para-hydroxylation sites is 1. The predicted molar refractivity (Wildman–Crippen MR) is 101 cm³/mol. The first-order chi connectivity index (χ1) is 12.5. The molecular weight excluding hydrogens is 328 g/mol. The lowest BCUT2D eigenvalue weighted by Gasteiger charge is -2.31. The van der Waals surface area contributed by atoms with Crippen molar-refractivity contribution < 1.29 is 4.92 Å². The van der Waals surface area contributed by atoms with E-state index in [0.29, 0.717) is 5.69 Å². The highest BCUT2D eigenvalue weighted by Crippen LogP contribution is 2.36. The summed E-state index contributed by atoms with van der Waals surface area (Å²) >= 11 is 0. The molecule has 0 N–H and O–H groups in total. The van der Waals surface area contributed by atoms with Crippen LogP contribution >= 0.6 is 0 Å². The number of anilines is 2. The Hall–Kier alpha value is -3.15. The molecule has 3 aromatic rings. The molecular formula is C20H20N4O2. The van der Waals surface area contributed by atoms with Crippen molar-refractivity contribution >= 4 is 17.1 Å². The summed E-state index contributed by atoms with van der Waals surface area (Å²) in [7, 11) is 0. The van der Waals surface area contributed by atoms with Crippen molar-refractivity contribution in [2.24, 2.45) is 0 Å². The minimum atomic E-state index is -0.348. The summed E-state index contributed by atoms with van der Waals surface area (Å²) < 4.78 is 1.66. The molecule has 6 nitrogen and oxygen atoms in total. The zero-order chi connectivity index (χ0) is 18.3. The lowest BCUT2D eigenvalue weighted by Crippen LogP contribution is -2.24. The smallest absolute Gasteiger partial charge is 0.295 e. The van der Waals surface area contributed by atoms with Crippen LogP contribution in [-0.4, -0.2) is 21.2 Å². The van der Waals surface area contributed by atoms with E-state index in [1.807, 2.05) is 38.1 Å². The highest BCUT2D eigenvalue weighted by molar-refractivity contribution is 5.72. The molecule has 0 saturated carbocycles. The predicted octanol–water partition coefficient (Wildman–Crippen LogP) is 4.48. The number of hydrogen-bond acceptors (Lipinski definition) is 4. The van der Waals surface area contributed by atoms with Gasteiger partial charge in [0.15, 0.2) is 0 Å². The van der Waals surface area contributed by atoms with Crippen LogP contribution in [0.1, 0.15) is 23.4 Å². The molecule has 0 atom stereocenters. The van der Waals surface area contributed by atoms with Gasteiger partial charge in [-0.15, -0.1) is 0 Å². The van der Waals surface area contributed by atoms with Crippen molar-refractivity contribution in [2.45, 2.75) is 26.7 Å². The summed E-state index contributed by atoms with van der Waals surface area (Å²) in [5.41, 5.74) is 5.71. The van der Waals surface area contributed by atoms with Crippen LogP contribution in [0.4, 0.5) is 17.1 Å². The molecule has 0 radical (unpaired) electrons. The fraction of sp³-hybridized carbons (Fsp3) is 0.250. The molecule has 1 aliphatic rings. The van der Waals surface area contributed by atoms with E-state index in [1.165, 1.54) is 11.3 Å². The normalized spacial score (nSPS) is 13.5. The molecule has 0 unspecified atom stereocenters. The van der Waals surface area contributed by atoms with Crippen LogP contribution in [-0.2, 0) is 6.42 Å². The summed E-state index contributed by atoms with van der Waals surface area (Å²) in [6.45, 7) is 4.69. The summed E-state index contributed by atoms with van der Waals surface area (Å²) in [6, 6.07) is 15.6. The van der Waals surface area contributed by atoms with E-state index in [0.717, 1.165) is 36.5 Å². The highest BCUT2D eigenvalue weighted by Gasteiger charge is 2.23. The lowest BCUT2D eigenvalue weighted by molar-refractivity contribution is -0.384. The van der Waals surface area contributed by atoms with Crippen molar-refractivity contribution in [3.63, 3.8) is 0 Å². The lowest BCUT2D eigenvalue weighted by atomic mass is 10.0. The van der Waals surface area contributed by atoms with Crippen molar-refractivity contribution in [2.75, 3.05) is 11.4 Å². The largest absolute Gasteiger partial charge is 0.341 e. The maximum Gasteiger partial charge on any atom is 0.295 e. The van der Waals surface area contributed by atoms with E-state index in [1.54, 1.807) is 10.7 Å². The van der Waals surface area contributed by atoms with Gasteiger partial charge in [-0.2, -0.15) is 5.10 Å². The second-order valence-electron chi connectivity index (χ2n) is 6.65. The summed E-state index contributed by atoms with van der Waals surface area (Å²) in [5, 5.41) is 16.0. The first-order valence-electron chi connectivity index (χ1n) is 8.72. The van der Waals surface area contributed by atoms with E-state index >= 15 is 0 Å². The number of benzene rings is 2. The quantitative estimate of drug-likeness (QED) is 0.517. The Morgan fingerprint density at radius 1 is 1.08 bits per heavy atom. The number of nitro benzene ring substituents is 1. The van der Waals surface area contributed by atoms with Crippen molar-refractivity contribution in [3.8, 4) is 5.69 Å². The number of rotatable bonds is 3. The van der Waals surface area contributed by atoms with Gasteiger partial charge in [-0.05, 0) is 56.5 Å². The molecule has 0 amide bonds. The molecule has 2 aromatic carbocycles. The van der Waals surface area contributed by atoms with Crippen molar-refractivity contribution in [3.05, 3.63) is 75.6 Å². The third-order valence-electron chi connectivity index (χ3n) is 4.82. The fourth-order valence-corrected chi connectivity index (χ4v) is 3.68. The first kappa shape index (κ1) is 16.3. The Labute approximate surface area is 151 Å². The van der Waals surface area contributed by atoms with Gasteiger partial charge < -0.3 is 4.90 Å². The van der Waals surface area contributed by atoms with E-state index in [4.69, 9.17) is 0 Å². The number of nitrogens with zero attached hydrogens (tertiary/aromatic N) is 4. The monoisotopic (exact) mass is 348 g/mol. The Balaban J connectivity index is 1.86. The topological polar surface area (TPSA) is 64.2 Å². The average molecular weight is 348 g/mol. The van der Waals surface area contributed by atoms with Gasteiger partial charge in [0.1, 0.15) is 5.69 Å². The second-order valence-corrected chi connectivity index (χ2v) is 6.65. The third kappa shape index (κ3) is 2.73. The van der Waals surface area contributed by atoms with Gasteiger partial charge in [-0.3, -0.25) is 10.1 Å². The molecule has 6 heteroatoms. The number of aromatic nitrogens is 2. The highest BCUT2D eigenvalue weighted by atomic mass is 16.6. The zero-order valence-corrected chi connectivity index (χ0v) is 14.8. The number of hydrogen-bond donors (Lipinski definition) is 0. The molecule has 0 saturated heterocycles. The SMILES string of the molecule is Cc1cc(C)n(-c2cc(N3CCCc4ccccc43)ccc2[N+](=O)[O-])n1. The number of fused-ring (bicyclic) bond motifs is 1. The molecule has 0 aliphatic carbocycles. The average Bonchev–Trinajstić information content (AvgIpc) is 2.98. The Bertz CT molecular complexity index is 993. The molecule has 26 heavy (non-hydrogen) atoms. The minimum Gasteiger partial charge on any atom is -0.341 e. The zero-order valence-electron chi connectivity index (χ0n) is 14.8. The maximum atomic E-state index is 11.5. The van der Waals surface area contributed by atoms with E-state index in [2.05, 4.69) is 28.2 Å². The van der Waals surface area contributed by atoms with Gasteiger partial charge in [0.25, 0.3) is 5.69 Å². The summed E-state index contributed by atoms with van der Waals surface area (Å²) in [4.78, 5) is 13.4. The van der Waals surface area contributed by atoms with Crippen LogP contribution in [0.2, 0.25) is 0 Å². The van der Waals surface area contributed by atoms with E-state index < -0.39 is 0 Å². The fourth-order valence-electron chi connectivity index (χ4n) is 3.68. The first-order valence-corrected chi connectivity index (χ1v) is 8.72. The van der Waals surface area contributed by atoms with Gasteiger partial charge in [-0.25, -0.2) is 4.68 Å². The third-order valence-corrected chi connectivity index (χ3v) is 4.82. The van der Waals surface area contributed by atoms with Crippen LogP contribution in [0.25, 0.3) is 5.69 Å². The van der Waals surface area contributed by atoms with Gasteiger partial charge in [0, 0.05) is 29.7 Å². The maximum absolute atomic E-state index is 11.5. The van der Waals surface area contributed by atoms with Crippen LogP contribution in [0.5, 0.6) is 0 Å². The van der Waals surface area contributed by atoms with Crippen LogP contribution in [0.15, 0.2) is 48.5 Å². The van der Waals surface area contributed by atoms with Gasteiger partial charge in [-0.1, -0.05) is 18.2 Å². The Kier molecular flexibility index (Phi) is 3.95. The van der Waals surface area contributed by atoms with Crippen LogP contribution < -0.4 is 4.90 Å². The molecule has 0 bridgehead atoms. The van der Waals surface area contributed by atoms with Gasteiger partial charge in [0.05, 0.1) is 10.6 Å². The number of aryl methyl sites for hydroxylation is 3. The second kappa shape index (κ2) is 6.29. The standard InChI is InChI=1S/C20H20N4O2/c1-14-12-15(2)23(21-14)20-13-17(9-10-19(20)24(25)26)22-11-5-7-16-6-3-4-8-18(16)22/h3-4,6,8-10,12-13H,5,7,11H2,1-2H3. The molecule has 132 valence electrons. The van der Waals surface area contributed by atoms with E-state index in [9.17, 15) is 10.1 Å². The molecule has 0 fully saturated rings. The van der Waals surface area contributed by atoms with E-state index in [-0.39, 0.29) is 10.6 Å². The van der Waals surface area contributed by atoms with Crippen molar-refractivity contribution in [1.82, 2.24) is 9.78 Å². The van der Waals surface area contributed by atoms with Crippen molar-refractivity contribution in [1.29, 1.82) is 0 Å². The van der Waals surface area contributed by atoms with Crippen LogP contribution in [0.3, 0.4) is 0 Å². The molecule has 1 aromatic heterocycles. The molecule has 0 spiro atoms. The number of nitro groups is 1. The minimum absolute atomic E-state index is 0.0604. The van der Waals surface area contributed by atoms with Gasteiger partial charge in [0.2, 0.25) is 0 Å². The summed E-state index contributed by atoms with van der Waals surface area (Å²) in [6.07, 6.45) is 2.12. The summed E-state index contributed by atoms with van der Waals surface area (Å²) in [5.74, 6) is 0. The van der Waals surface area contributed by atoms with Crippen LogP contribution in [0, 0.1) is 24.0 Å². The van der Waals surface area contributed by atoms with Gasteiger partial charge >= 0.3 is 0 Å². The Morgan fingerprint density at radius 2 is 1.88 bits per heavy atom. The molecule has 2 heterocycles. The molecule has 1 aliphatic heterocycles.